The highest BCUT2D eigenvalue weighted by molar-refractivity contribution is 5.85. The van der Waals surface area contributed by atoms with Crippen LogP contribution in [0.5, 0.6) is 0 Å². The number of tetrazole rings is 1. The molecule has 1 aromatic carbocycles. The van der Waals surface area contributed by atoms with Crippen molar-refractivity contribution < 1.29 is 14.7 Å². The minimum absolute atomic E-state index is 0. The maximum atomic E-state index is 12.1. The first-order valence-corrected chi connectivity index (χ1v) is 7.97. The summed E-state index contributed by atoms with van der Waals surface area (Å²) in [5, 5.41) is 21.3. The fraction of sp³-hybridized carbons (Fsp3) is 0.438. The lowest BCUT2D eigenvalue weighted by Crippen LogP contribution is -2.29. The number of carbonyl (C=O) groups is 2. The van der Waals surface area contributed by atoms with Crippen LogP contribution in [0.25, 0.3) is 11.4 Å². The van der Waals surface area contributed by atoms with Gasteiger partial charge in [-0.1, -0.05) is 30.3 Å². The number of likely N-dealkylation sites (tertiary alicyclic amines) is 1. The van der Waals surface area contributed by atoms with Crippen LogP contribution in [0.3, 0.4) is 0 Å². The topological polar surface area (TPSA) is 101 Å². The first-order chi connectivity index (χ1) is 11.6. The van der Waals surface area contributed by atoms with Crippen molar-refractivity contribution in [3.8, 4) is 11.4 Å². The Hall–Kier alpha value is -2.48. The molecule has 134 valence electrons. The van der Waals surface area contributed by atoms with Gasteiger partial charge >= 0.3 is 5.97 Å². The van der Waals surface area contributed by atoms with Crippen molar-refractivity contribution in [1.82, 2.24) is 25.1 Å². The molecule has 8 nitrogen and oxygen atoms in total. The van der Waals surface area contributed by atoms with E-state index in [2.05, 4.69) is 15.4 Å². The number of carboxylic acid groups (broad SMARTS) is 1. The van der Waals surface area contributed by atoms with E-state index in [1.54, 1.807) is 4.90 Å². The van der Waals surface area contributed by atoms with Gasteiger partial charge < -0.3 is 10.0 Å². The number of rotatable bonds is 6. The maximum Gasteiger partial charge on any atom is 0.308 e. The van der Waals surface area contributed by atoms with Crippen LogP contribution in [-0.2, 0) is 16.1 Å². The van der Waals surface area contributed by atoms with Crippen molar-refractivity contribution in [2.24, 2.45) is 5.92 Å². The molecule has 1 saturated heterocycles. The van der Waals surface area contributed by atoms with Gasteiger partial charge in [-0.05, 0) is 18.1 Å². The van der Waals surface area contributed by atoms with Crippen molar-refractivity contribution in [1.29, 1.82) is 0 Å². The molecule has 9 heteroatoms. The molecule has 1 amide bonds. The molecule has 1 fully saturated rings. The smallest absolute Gasteiger partial charge is 0.308 e. The second-order valence-corrected chi connectivity index (χ2v) is 5.84. The third kappa shape index (κ3) is 4.76. The second-order valence-electron chi connectivity index (χ2n) is 5.84. The number of hydrogen-bond donors (Lipinski definition) is 1. The van der Waals surface area contributed by atoms with Gasteiger partial charge in [-0.3, -0.25) is 9.59 Å². The van der Waals surface area contributed by atoms with Crippen LogP contribution in [0.15, 0.2) is 30.3 Å². The molecule has 3 rings (SSSR count). The molecule has 1 aromatic heterocycles. The molecule has 2 aromatic rings. The van der Waals surface area contributed by atoms with Gasteiger partial charge in [-0.2, -0.15) is 4.80 Å². The third-order valence-corrected chi connectivity index (χ3v) is 4.12. The van der Waals surface area contributed by atoms with E-state index in [0.717, 1.165) is 5.56 Å². The fourth-order valence-electron chi connectivity index (χ4n) is 2.76. The third-order valence-electron chi connectivity index (χ3n) is 4.12. The minimum atomic E-state index is -0.828. The molecule has 0 saturated carbocycles. The van der Waals surface area contributed by atoms with Crippen molar-refractivity contribution in [3.05, 3.63) is 30.3 Å². The normalized spacial score (nSPS) is 16.5. The van der Waals surface area contributed by atoms with E-state index in [1.807, 2.05) is 30.3 Å². The fourth-order valence-corrected chi connectivity index (χ4v) is 2.76. The average molecular weight is 366 g/mol. The van der Waals surface area contributed by atoms with Gasteiger partial charge in [0.15, 0.2) is 0 Å². The summed E-state index contributed by atoms with van der Waals surface area (Å²) in [6.45, 7) is 1.34. The van der Waals surface area contributed by atoms with Gasteiger partial charge in [0.1, 0.15) is 0 Å². The summed E-state index contributed by atoms with van der Waals surface area (Å²) in [5.74, 6) is -0.710. The number of aromatic nitrogens is 4. The van der Waals surface area contributed by atoms with Crippen molar-refractivity contribution in [2.75, 3.05) is 13.1 Å². The summed E-state index contributed by atoms with van der Waals surface area (Å²) in [6, 6.07) is 9.57. The Labute approximate surface area is 151 Å². The molecule has 1 aliphatic heterocycles. The number of amides is 1. The molecule has 0 bridgehead atoms. The Bertz CT molecular complexity index is 722. The summed E-state index contributed by atoms with van der Waals surface area (Å²) >= 11 is 0. The Morgan fingerprint density at radius 2 is 2.00 bits per heavy atom. The number of aliphatic carboxylic acids is 1. The molecule has 2 heterocycles. The van der Waals surface area contributed by atoms with Crippen LogP contribution in [0.2, 0.25) is 0 Å². The zero-order valence-electron chi connectivity index (χ0n) is 13.6. The van der Waals surface area contributed by atoms with Gasteiger partial charge in [0.2, 0.25) is 11.7 Å². The molecule has 0 aliphatic carbocycles. The first kappa shape index (κ1) is 18.9. The van der Waals surface area contributed by atoms with Crippen LogP contribution in [0, 0.1) is 5.92 Å². The molecule has 1 unspecified atom stereocenters. The van der Waals surface area contributed by atoms with Crippen molar-refractivity contribution >= 4 is 24.3 Å². The monoisotopic (exact) mass is 365 g/mol. The SMILES string of the molecule is Cl.O=C(O)C1CCN(C(=O)CCCn2nnc(-c3ccccc3)n2)C1. The highest BCUT2D eigenvalue weighted by Gasteiger charge is 2.30. The van der Waals surface area contributed by atoms with E-state index in [0.29, 0.717) is 44.7 Å². The molecule has 0 radical (unpaired) electrons. The first-order valence-electron chi connectivity index (χ1n) is 7.97. The van der Waals surface area contributed by atoms with Gasteiger partial charge in [-0.25, -0.2) is 0 Å². The summed E-state index contributed by atoms with van der Waals surface area (Å²) < 4.78 is 0. The second kappa shape index (κ2) is 8.57. The highest BCUT2D eigenvalue weighted by atomic mass is 35.5. The Balaban J connectivity index is 0.00000225. The number of benzene rings is 1. The Morgan fingerprint density at radius 3 is 2.68 bits per heavy atom. The number of hydrogen-bond acceptors (Lipinski definition) is 5. The van der Waals surface area contributed by atoms with Crippen LogP contribution in [0.1, 0.15) is 19.3 Å². The van der Waals surface area contributed by atoms with E-state index >= 15 is 0 Å². The molecular weight excluding hydrogens is 346 g/mol. The van der Waals surface area contributed by atoms with E-state index in [9.17, 15) is 9.59 Å². The Morgan fingerprint density at radius 1 is 1.24 bits per heavy atom. The van der Waals surface area contributed by atoms with E-state index in [-0.39, 0.29) is 18.3 Å². The van der Waals surface area contributed by atoms with Crippen LogP contribution >= 0.6 is 12.4 Å². The van der Waals surface area contributed by atoms with Gasteiger partial charge in [0, 0.05) is 25.1 Å². The lowest BCUT2D eigenvalue weighted by atomic mass is 10.1. The molecule has 25 heavy (non-hydrogen) atoms. The standard InChI is InChI=1S/C16H19N5O3.ClH/c22-14(20-10-8-13(11-20)16(23)24)7-4-9-21-18-15(17-19-21)12-5-2-1-3-6-12;/h1-3,5-6,13H,4,7-11H2,(H,23,24);1H. The summed E-state index contributed by atoms with van der Waals surface area (Å²) in [4.78, 5) is 26.1. The minimum Gasteiger partial charge on any atom is -0.481 e. The van der Waals surface area contributed by atoms with E-state index in [1.165, 1.54) is 4.80 Å². The Kier molecular flexibility index (Phi) is 6.46. The number of aryl methyl sites for hydroxylation is 1. The average Bonchev–Trinajstić information content (AvgIpc) is 3.25. The summed E-state index contributed by atoms with van der Waals surface area (Å²) in [6.07, 6.45) is 1.48. The van der Waals surface area contributed by atoms with Gasteiger partial charge in [0.05, 0.1) is 12.5 Å². The molecule has 1 N–H and O–H groups in total. The molecule has 0 spiro atoms. The number of halogens is 1. The number of nitrogens with zero attached hydrogens (tertiary/aromatic N) is 5. The highest BCUT2D eigenvalue weighted by Crippen LogP contribution is 2.17. The number of carbonyl (C=O) groups excluding carboxylic acids is 1. The van der Waals surface area contributed by atoms with Gasteiger partial charge in [-0.15, -0.1) is 22.6 Å². The van der Waals surface area contributed by atoms with Crippen molar-refractivity contribution in [3.63, 3.8) is 0 Å². The van der Waals surface area contributed by atoms with Crippen molar-refractivity contribution in [2.45, 2.75) is 25.8 Å². The van der Waals surface area contributed by atoms with E-state index in [4.69, 9.17) is 5.11 Å². The summed E-state index contributed by atoms with van der Waals surface area (Å²) in [5.41, 5.74) is 0.900. The molecule has 1 atom stereocenters. The zero-order chi connectivity index (χ0) is 16.9. The molecular formula is C16H20ClN5O3. The largest absolute Gasteiger partial charge is 0.481 e. The predicted octanol–water partition coefficient (Wildman–Crippen LogP) is 1.48. The van der Waals surface area contributed by atoms with Gasteiger partial charge in [0.25, 0.3) is 0 Å². The van der Waals surface area contributed by atoms with E-state index < -0.39 is 11.9 Å². The number of carboxylic acids is 1. The maximum absolute atomic E-state index is 12.1. The zero-order valence-corrected chi connectivity index (χ0v) is 14.4. The van der Waals surface area contributed by atoms with Crippen LogP contribution < -0.4 is 0 Å². The predicted molar refractivity (Wildman–Crippen MR) is 92.1 cm³/mol. The molecule has 1 aliphatic rings. The lowest BCUT2D eigenvalue weighted by Gasteiger charge is -2.15. The van der Waals surface area contributed by atoms with Crippen LogP contribution in [-0.4, -0.2) is 55.2 Å². The van der Waals surface area contributed by atoms with Crippen LogP contribution in [0.4, 0.5) is 0 Å². The quantitative estimate of drug-likeness (QED) is 0.831. The summed E-state index contributed by atoms with van der Waals surface area (Å²) in [7, 11) is 0. The lowest BCUT2D eigenvalue weighted by molar-refractivity contribution is -0.141.